The van der Waals surface area contributed by atoms with Crippen molar-refractivity contribution in [2.24, 2.45) is 5.92 Å². The summed E-state index contributed by atoms with van der Waals surface area (Å²) in [5.41, 5.74) is 0. The number of aromatic nitrogens is 2. The maximum atomic E-state index is 5.42. The molecule has 0 saturated heterocycles. The van der Waals surface area contributed by atoms with E-state index in [9.17, 15) is 0 Å². The van der Waals surface area contributed by atoms with Gasteiger partial charge in [-0.2, -0.15) is 0 Å². The molecule has 0 unspecified atom stereocenters. The van der Waals surface area contributed by atoms with Gasteiger partial charge in [0, 0.05) is 20.6 Å². The van der Waals surface area contributed by atoms with E-state index >= 15 is 0 Å². The summed E-state index contributed by atoms with van der Waals surface area (Å²) in [6, 6.07) is 0. The standard InChI is InChI=1S/C13H22N4O/c1-14-12-11(18-3)13(16-9-15-12)17(2)8-10-6-4-5-7-10/h9-10H,4-8H2,1-3H3,(H,14,15,16). The number of nitrogens with one attached hydrogen (secondary N) is 1. The fourth-order valence-electron chi connectivity index (χ4n) is 2.67. The lowest BCUT2D eigenvalue weighted by molar-refractivity contribution is 0.411. The molecular formula is C13H22N4O. The SMILES string of the molecule is CNc1ncnc(N(C)CC2CCCC2)c1OC. The first-order valence-corrected chi connectivity index (χ1v) is 6.54. The Labute approximate surface area is 109 Å². The van der Waals surface area contributed by atoms with Crippen LogP contribution in [0.4, 0.5) is 11.6 Å². The van der Waals surface area contributed by atoms with Crippen LogP contribution in [0.25, 0.3) is 0 Å². The van der Waals surface area contributed by atoms with Crippen LogP contribution in [-0.2, 0) is 0 Å². The highest BCUT2D eigenvalue weighted by atomic mass is 16.5. The third kappa shape index (κ3) is 2.66. The second-order valence-corrected chi connectivity index (χ2v) is 4.86. The minimum atomic E-state index is 0.723. The van der Waals surface area contributed by atoms with E-state index in [1.165, 1.54) is 25.7 Å². The molecule has 1 fully saturated rings. The number of nitrogens with zero attached hydrogens (tertiary/aromatic N) is 3. The van der Waals surface area contributed by atoms with Gasteiger partial charge in [-0.05, 0) is 18.8 Å². The Kier molecular flexibility index (Phi) is 4.23. The molecule has 1 heterocycles. The quantitative estimate of drug-likeness (QED) is 0.867. The Hall–Kier alpha value is -1.52. The molecule has 0 atom stereocenters. The molecule has 0 amide bonds. The predicted octanol–water partition coefficient (Wildman–Crippen LogP) is 2.15. The first-order chi connectivity index (χ1) is 8.76. The van der Waals surface area contributed by atoms with E-state index in [2.05, 4.69) is 27.2 Å². The largest absolute Gasteiger partial charge is 0.490 e. The molecule has 0 spiro atoms. The normalized spacial score (nSPS) is 15.7. The van der Waals surface area contributed by atoms with Crippen molar-refractivity contribution in [2.75, 3.05) is 38.0 Å². The molecule has 100 valence electrons. The lowest BCUT2D eigenvalue weighted by atomic mass is 10.1. The van der Waals surface area contributed by atoms with Gasteiger partial charge in [-0.1, -0.05) is 12.8 Å². The predicted molar refractivity (Wildman–Crippen MR) is 73.4 cm³/mol. The first kappa shape index (κ1) is 12.9. The van der Waals surface area contributed by atoms with Gasteiger partial charge in [0.25, 0.3) is 0 Å². The molecule has 1 aromatic heterocycles. The van der Waals surface area contributed by atoms with Crippen LogP contribution in [0.15, 0.2) is 6.33 Å². The zero-order valence-corrected chi connectivity index (χ0v) is 11.4. The van der Waals surface area contributed by atoms with E-state index < -0.39 is 0 Å². The topological polar surface area (TPSA) is 50.3 Å². The van der Waals surface area contributed by atoms with Crippen molar-refractivity contribution in [2.45, 2.75) is 25.7 Å². The van der Waals surface area contributed by atoms with Gasteiger partial charge in [-0.3, -0.25) is 0 Å². The number of ether oxygens (including phenoxy) is 1. The van der Waals surface area contributed by atoms with Crippen LogP contribution in [0.5, 0.6) is 5.75 Å². The summed E-state index contributed by atoms with van der Waals surface area (Å²) >= 11 is 0. The summed E-state index contributed by atoms with van der Waals surface area (Å²) in [7, 11) is 5.57. The molecule has 18 heavy (non-hydrogen) atoms. The van der Waals surface area contributed by atoms with E-state index in [1.54, 1.807) is 13.4 Å². The summed E-state index contributed by atoms with van der Waals surface area (Å²) in [5, 5.41) is 3.03. The van der Waals surface area contributed by atoms with E-state index in [0.29, 0.717) is 0 Å². The lowest BCUT2D eigenvalue weighted by Gasteiger charge is -2.24. The molecule has 1 N–H and O–H groups in total. The molecular weight excluding hydrogens is 228 g/mol. The van der Waals surface area contributed by atoms with Crippen LogP contribution in [0.1, 0.15) is 25.7 Å². The van der Waals surface area contributed by atoms with Crippen molar-refractivity contribution in [3.05, 3.63) is 6.33 Å². The minimum Gasteiger partial charge on any atom is -0.490 e. The number of hydrogen-bond donors (Lipinski definition) is 1. The van der Waals surface area contributed by atoms with Crippen LogP contribution < -0.4 is 15.0 Å². The maximum Gasteiger partial charge on any atom is 0.204 e. The molecule has 5 nitrogen and oxygen atoms in total. The molecule has 0 bridgehead atoms. The molecule has 5 heteroatoms. The summed E-state index contributed by atoms with van der Waals surface area (Å²) < 4.78 is 5.42. The fraction of sp³-hybridized carbons (Fsp3) is 0.692. The van der Waals surface area contributed by atoms with Gasteiger partial charge in [0.05, 0.1) is 7.11 Å². The van der Waals surface area contributed by atoms with Gasteiger partial charge in [-0.15, -0.1) is 0 Å². The second kappa shape index (κ2) is 5.89. The number of rotatable bonds is 5. The van der Waals surface area contributed by atoms with Crippen molar-refractivity contribution in [1.82, 2.24) is 9.97 Å². The Morgan fingerprint density at radius 2 is 2.11 bits per heavy atom. The molecule has 2 rings (SSSR count). The van der Waals surface area contributed by atoms with Crippen molar-refractivity contribution < 1.29 is 4.74 Å². The Morgan fingerprint density at radius 3 is 2.72 bits per heavy atom. The average Bonchev–Trinajstić information content (AvgIpc) is 2.90. The zero-order valence-electron chi connectivity index (χ0n) is 11.4. The summed E-state index contributed by atoms with van der Waals surface area (Å²) in [6.45, 7) is 1.04. The molecule has 1 saturated carbocycles. The molecule has 0 radical (unpaired) electrons. The second-order valence-electron chi connectivity index (χ2n) is 4.86. The Bertz CT molecular complexity index is 391. The van der Waals surface area contributed by atoms with Crippen LogP contribution in [0, 0.1) is 5.92 Å². The molecule has 0 aromatic carbocycles. The third-order valence-electron chi connectivity index (χ3n) is 3.59. The van der Waals surface area contributed by atoms with E-state index in [0.717, 1.165) is 29.8 Å². The van der Waals surface area contributed by atoms with Crippen LogP contribution in [-0.4, -0.2) is 37.7 Å². The van der Waals surface area contributed by atoms with Crippen LogP contribution >= 0.6 is 0 Å². The van der Waals surface area contributed by atoms with Crippen LogP contribution in [0.3, 0.4) is 0 Å². The summed E-state index contributed by atoms with van der Waals surface area (Å²) in [6.07, 6.45) is 6.96. The van der Waals surface area contributed by atoms with Gasteiger partial charge in [0.2, 0.25) is 5.75 Å². The van der Waals surface area contributed by atoms with E-state index in [-0.39, 0.29) is 0 Å². The van der Waals surface area contributed by atoms with Crippen LogP contribution in [0.2, 0.25) is 0 Å². The highest BCUT2D eigenvalue weighted by Gasteiger charge is 2.20. The molecule has 1 aromatic rings. The highest BCUT2D eigenvalue weighted by molar-refractivity contribution is 5.64. The monoisotopic (exact) mass is 250 g/mol. The Morgan fingerprint density at radius 1 is 1.39 bits per heavy atom. The summed E-state index contributed by atoms with van der Waals surface area (Å²) in [4.78, 5) is 10.7. The van der Waals surface area contributed by atoms with Crippen molar-refractivity contribution >= 4 is 11.6 Å². The molecule has 0 aliphatic heterocycles. The highest BCUT2D eigenvalue weighted by Crippen LogP contribution is 2.33. The number of methoxy groups -OCH3 is 1. The van der Waals surface area contributed by atoms with Gasteiger partial charge >= 0.3 is 0 Å². The first-order valence-electron chi connectivity index (χ1n) is 6.54. The summed E-state index contributed by atoms with van der Waals surface area (Å²) in [5.74, 6) is 3.11. The van der Waals surface area contributed by atoms with Gasteiger partial charge in [-0.25, -0.2) is 9.97 Å². The van der Waals surface area contributed by atoms with Gasteiger partial charge in [0.15, 0.2) is 11.6 Å². The van der Waals surface area contributed by atoms with Crippen molar-refractivity contribution in [1.29, 1.82) is 0 Å². The number of hydrogen-bond acceptors (Lipinski definition) is 5. The fourth-order valence-corrected chi connectivity index (χ4v) is 2.67. The van der Waals surface area contributed by atoms with Gasteiger partial charge in [0.1, 0.15) is 6.33 Å². The van der Waals surface area contributed by atoms with E-state index in [1.807, 2.05) is 7.05 Å². The van der Waals surface area contributed by atoms with E-state index in [4.69, 9.17) is 4.74 Å². The molecule has 1 aliphatic rings. The minimum absolute atomic E-state index is 0.723. The van der Waals surface area contributed by atoms with Crippen molar-refractivity contribution in [3.8, 4) is 5.75 Å². The maximum absolute atomic E-state index is 5.42. The number of anilines is 2. The van der Waals surface area contributed by atoms with Gasteiger partial charge < -0.3 is 15.0 Å². The van der Waals surface area contributed by atoms with Crippen molar-refractivity contribution in [3.63, 3.8) is 0 Å². The lowest BCUT2D eigenvalue weighted by Crippen LogP contribution is -2.25. The zero-order chi connectivity index (χ0) is 13.0. The molecule has 1 aliphatic carbocycles. The Balaban J connectivity index is 2.15. The average molecular weight is 250 g/mol. The third-order valence-corrected chi connectivity index (χ3v) is 3.59. The smallest absolute Gasteiger partial charge is 0.204 e.